The van der Waals surface area contributed by atoms with Crippen LogP contribution >= 0.6 is 0 Å². The molecular weight excluding hydrogens is 300 g/mol. The molecule has 122 valence electrons. The lowest BCUT2D eigenvalue weighted by atomic mass is 10.0. The van der Waals surface area contributed by atoms with Gasteiger partial charge in [-0.3, -0.25) is 9.78 Å². The molecule has 2 atom stereocenters. The molecule has 1 saturated carbocycles. The third kappa shape index (κ3) is 4.29. The molecule has 1 aliphatic rings. The van der Waals surface area contributed by atoms with Crippen molar-refractivity contribution in [3.8, 4) is 0 Å². The average Bonchev–Trinajstić information content (AvgIpc) is 3.17. The molecule has 0 spiro atoms. The summed E-state index contributed by atoms with van der Waals surface area (Å²) < 4.78 is 22.8. The van der Waals surface area contributed by atoms with Crippen LogP contribution in [0.1, 0.15) is 38.7 Å². The van der Waals surface area contributed by atoms with Crippen LogP contribution in [0.25, 0.3) is 0 Å². The van der Waals surface area contributed by atoms with Crippen molar-refractivity contribution < 1.29 is 13.2 Å². The number of sulfone groups is 1. The first kappa shape index (κ1) is 16.9. The highest BCUT2D eigenvalue weighted by Gasteiger charge is 2.47. The van der Waals surface area contributed by atoms with Crippen LogP contribution in [0.3, 0.4) is 0 Å². The molecule has 0 radical (unpaired) electrons. The van der Waals surface area contributed by atoms with Gasteiger partial charge in [-0.05, 0) is 44.7 Å². The molecule has 0 saturated heterocycles. The lowest BCUT2D eigenvalue weighted by Crippen LogP contribution is -2.48. The van der Waals surface area contributed by atoms with Crippen LogP contribution in [0.5, 0.6) is 0 Å². The number of hydrogen-bond donors (Lipinski definition) is 0. The monoisotopic (exact) mass is 324 g/mol. The van der Waals surface area contributed by atoms with Gasteiger partial charge in [0.1, 0.15) is 9.84 Å². The van der Waals surface area contributed by atoms with E-state index < -0.39 is 9.84 Å². The van der Waals surface area contributed by atoms with Crippen LogP contribution in [0.15, 0.2) is 24.5 Å². The molecule has 1 aromatic heterocycles. The maximum Gasteiger partial charge on any atom is 0.226 e. The molecule has 1 heterocycles. The summed E-state index contributed by atoms with van der Waals surface area (Å²) in [4.78, 5) is 18.6. The summed E-state index contributed by atoms with van der Waals surface area (Å²) in [5.74, 6) is 0.206. The Morgan fingerprint density at radius 2 is 2.09 bits per heavy atom. The SMILES string of the molecule is CC(C)(C)N(CCS(C)(=O)=O)C(=O)[C@H]1C[C@H]1c1cccnc1. The summed E-state index contributed by atoms with van der Waals surface area (Å²) in [5, 5.41) is 0. The maximum absolute atomic E-state index is 12.8. The van der Waals surface area contributed by atoms with Crippen molar-refractivity contribution in [1.82, 2.24) is 9.88 Å². The summed E-state index contributed by atoms with van der Waals surface area (Å²) in [6, 6.07) is 3.86. The Balaban J connectivity index is 2.08. The molecule has 5 nitrogen and oxygen atoms in total. The summed E-state index contributed by atoms with van der Waals surface area (Å²) >= 11 is 0. The zero-order valence-corrected chi connectivity index (χ0v) is 14.4. The Hall–Kier alpha value is -1.43. The smallest absolute Gasteiger partial charge is 0.226 e. The van der Waals surface area contributed by atoms with E-state index in [-0.39, 0.29) is 35.6 Å². The van der Waals surface area contributed by atoms with Gasteiger partial charge < -0.3 is 4.90 Å². The van der Waals surface area contributed by atoms with E-state index in [0.29, 0.717) is 0 Å². The Kier molecular flexibility index (Phi) is 4.61. The number of amides is 1. The van der Waals surface area contributed by atoms with E-state index in [1.165, 1.54) is 6.26 Å². The van der Waals surface area contributed by atoms with Crippen molar-refractivity contribution in [2.24, 2.45) is 5.92 Å². The predicted octanol–water partition coefficient (Wildman–Crippen LogP) is 1.86. The van der Waals surface area contributed by atoms with E-state index in [0.717, 1.165) is 12.0 Å². The van der Waals surface area contributed by atoms with Crippen LogP contribution in [0.4, 0.5) is 0 Å². The maximum atomic E-state index is 12.8. The fourth-order valence-electron chi connectivity index (χ4n) is 2.67. The van der Waals surface area contributed by atoms with E-state index in [2.05, 4.69) is 4.98 Å². The Morgan fingerprint density at radius 1 is 1.41 bits per heavy atom. The number of carbonyl (C=O) groups excluding carboxylic acids is 1. The predicted molar refractivity (Wildman–Crippen MR) is 86.3 cm³/mol. The van der Waals surface area contributed by atoms with E-state index in [1.54, 1.807) is 17.3 Å². The first-order chi connectivity index (χ1) is 10.1. The van der Waals surface area contributed by atoms with Gasteiger partial charge in [0.15, 0.2) is 0 Å². The Bertz CT molecular complexity index is 635. The summed E-state index contributed by atoms with van der Waals surface area (Å²) in [7, 11) is -3.09. The third-order valence-corrected chi connectivity index (χ3v) is 4.91. The topological polar surface area (TPSA) is 67.3 Å². The lowest BCUT2D eigenvalue weighted by Gasteiger charge is -2.36. The molecule has 0 bridgehead atoms. The van der Waals surface area contributed by atoms with E-state index in [9.17, 15) is 13.2 Å². The minimum absolute atomic E-state index is 0.000287. The van der Waals surface area contributed by atoms with Gasteiger partial charge in [0, 0.05) is 36.7 Å². The first-order valence-electron chi connectivity index (χ1n) is 7.49. The van der Waals surface area contributed by atoms with Gasteiger partial charge in [-0.1, -0.05) is 6.07 Å². The van der Waals surface area contributed by atoms with E-state index in [1.807, 2.05) is 32.9 Å². The molecule has 22 heavy (non-hydrogen) atoms. The molecule has 0 aliphatic heterocycles. The Labute approximate surface area is 132 Å². The summed E-state index contributed by atoms with van der Waals surface area (Å²) in [5.41, 5.74) is 0.696. The Morgan fingerprint density at radius 3 is 2.59 bits per heavy atom. The van der Waals surface area contributed by atoms with Gasteiger partial charge in [0.2, 0.25) is 5.91 Å². The summed E-state index contributed by atoms with van der Waals surface area (Å²) in [6.07, 6.45) is 5.54. The number of carbonyl (C=O) groups is 1. The van der Waals surface area contributed by atoms with Crippen molar-refractivity contribution in [3.63, 3.8) is 0 Å². The largest absolute Gasteiger partial charge is 0.337 e. The number of rotatable bonds is 5. The zero-order chi connectivity index (χ0) is 16.5. The number of pyridine rings is 1. The zero-order valence-electron chi connectivity index (χ0n) is 13.6. The van der Waals surface area contributed by atoms with Crippen LogP contribution < -0.4 is 0 Å². The summed E-state index contributed by atoms with van der Waals surface area (Å²) in [6.45, 7) is 6.06. The second-order valence-corrected chi connectivity index (χ2v) is 9.29. The highest BCUT2D eigenvalue weighted by atomic mass is 32.2. The highest BCUT2D eigenvalue weighted by Crippen LogP contribution is 2.48. The van der Waals surface area contributed by atoms with Gasteiger partial charge in [-0.15, -0.1) is 0 Å². The second-order valence-electron chi connectivity index (χ2n) is 7.03. The van der Waals surface area contributed by atoms with Gasteiger partial charge in [-0.25, -0.2) is 8.42 Å². The molecule has 0 unspecified atom stereocenters. The standard InChI is InChI=1S/C16H24N2O3S/c1-16(2,3)18(8-9-22(4,20)21)15(19)14-10-13(14)12-6-5-7-17-11-12/h5-7,11,13-14H,8-10H2,1-4H3/t13-,14-/m0/s1. The number of hydrogen-bond acceptors (Lipinski definition) is 4. The fourth-order valence-corrected chi connectivity index (χ4v) is 3.18. The fraction of sp³-hybridized carbons (Fsp3) is 0.625. The first-order valence-corrected chi connectivity index (χ1v) is 9.55. The highest BCUT2D eigenvalue weighted by molar-refractivity contribution is 7.90. The van der Waals surface area contributed by atoms with Crippen molar-refractivity contribution >= 4 is 15.7 Å². The lowest BCUT2D eigenvalue weighted by molar-refractivity contribution is -0.137. The quantitative estimate of drug-likeness (QED) is 0.829. The molecule has 1 aliphatic carbocycles. The molecule has 1 fully saturated rings. The second kappa shape index (κ2) is 5.99. The molecule has 2 rings (SSSR count). The van der Waals surface area contributed by atoms with Crippen molar-refractivity contribution in [2.75, 3.05) is 18.6 Å². The van der Waals surface area contributed by atoms with Gasteiger partial charge in [-0.2, -0.15) is 0 Å². The minimum Gasteiger partial charge on any atom is -0.337 e. The van der Waals surface area contributed by atoms with Crippen LogP contribution in [0.2, 0.25) is 0 Å². The van der Waals surface area contributed by atoms with Gasteiger partial charge in [0.05, 0.1) is 5.75 Å². The average molecular weight is 324 g/mol. The number of nitrogens with zero attached hydrogens (tertiary/aromatic N) is 2. The van der Waals surface area contributed by atoms with Crippen LogP contribution in [-0.4, -0.2) is 48.3 Å². The van der Waals surface area contributed by atoms with Crippen molar-refractivity contribution in [2.45, 2.75) is 38.6 Å². The van der Waals surface area contributed by atoms with Crippen molar-refractivity contribution in [3.05, 3.63) is 30.1 Å². The van der Waals surface area contributed by atoms with Gasteiger partial charge >= 0.3 is 0 Å². The van der Waals surface area contributed by atoms with E-state index in [4.69, 9.17) is 0 Å². The number of aromatic nitrogens is 1. The molecular formula is C16H24N2O3S. The van der Waals surface area contributed by atoms with Crippen molar-refractivity contribution in [1.29, 1.82) is 0 Å². The third-order valence-electron chi connectivity index (χ3n) is 3.98. The molecule has 1 aromatic rings. The molecule has 6 heteroatoms. The molecule has 1 amide bonds. The van der Waals surface area contributed by atoms with E-state index >= 15 is 0 Å². The molecule has 0 N–H and O–H groups in total. The van der Waals surface area contributed by atoms with Crippen LogP contribution in [0, 0.1) is 5.92 Å². The minimum atomic E-state index is -3.09. The van der Waals surface area contributed by atoms with Crippen LogP contribution in [-0.2, 0) is 14.6 Å². The molecule has 0 aromatic carbocycles. The normalized spacial score (nSPS) is 21.5. The van der Waals surface area contributed by atoms with Gasteiger partial charge in [0.25, 0.3) is 0 Å².